The number of benzene rings is 1. The number of hydrogen-bond acceptors (Lipinski definition) is 5. The van der Waals surface area contributed by atoms with Crippen LogP contribution in [0.3, 0.4) is 0 Å². The first kappa shape index (κ1) is 18.9. The molecule has 1 aromatic heterocycles. The molecule has 1 heterocycles. The van der Waals surface area contributed by atoms with Gasteiger partial charge in [0.2, 0.25) is 10.0 Å². The summed E-state index contributed by atoms with van der Waals surface area (Å²) in [6.45, 7) is 0. The van der Waals surface area contributed by atoms with E-state index in [2.05, 4.69) is 9.71 Å². The van der Waals surface area contributed by atoms with Crippen LogP contribution in [0.5, 0.6) is 0 Å². The molecule has 0 bridgehead atoms. The Bertz CT molecular complexity index is 976. The summed E-state index contributed by atoms with van der Waals surface area (Å²) in [5.74, 6) is 0. The lowest BCUT2D eigenvalue weighted by Gasteiger charge is -2.13. The maximum atomic E-state index is 12.4. The second-order valence-electron chi connectivity index (χ2n) is 4.84. The van der Waals surface area contributed by atoms with E-state index in [0.29, 0.717) is 0 Å². The fourth-order valence-electron chi connectivity index (χ4n) is 1.74. The van der Waals surface area contributed by atoms with Gasteiger partial charge in [-0.25, -0.2) is 26.1 Å². The first-order valence-electron chi connectivity index (χ1n) is 6.41. The number of halogens is 2. The number of nitrogens with zero attached hydrogens (tertiary/aromatic N) is 2. The van der Waals surface area contributed by atoms with E-state index in [0.717, 1.165) is 4.31 Å². The Morgan fingerprint density at radius 2 is 1.71 bits per heavy atom. The molecule has 130 valence electrons. The zero-order valence-corrected chi connectivity index (χ0v) is 15.7. The van der Waals surface area contributed by atoms with Gasteiger partial charge in [-0.15, -0.1) is 0 Å². The highest BCUT2D eigenvalue weighted by molar-refractivity contribution is 7.92. The van der Waals surface area contributed by atoms with Gasteiger partial charge in [0.05, 0.1) is 10.6 Å². The van der Waals surface area contributed by atoms with Crippen molar-refractivity contribution in [2.24, 2.45) is 0 Å². The molecule has 0 aliphatic carbocycles. The van der Waals surface area contributed by atoms with E-state index in [1.807, 2.05) is 0 Å². The van der Waals surface area contributed by atoms with E-state index in [1.165, 1.54) is 50.5 Å². The largest absolute Gasteiger partial charge is 0.279 e. The number of hydrogen-bond donors (Lipinski definition) is 1. The summed E-state index contributed by atoms with van der Waals surface area (Å²) in [4.78, 5) is 3.35. The molecule has 0 amide bonds. The van der Waals surface area contributed by atoms with Gasteiger partial charge in [0.25, 0.3) is 10.0 Å². The maximum absolute atomic E-state index is 12.4. The molecule has 11 heteroatoms. The Balaban J connectivity index is 2.41. The topological polar surface area (TPSA) is 96.4 Å². The van der Waals surface area contributed by atoms with Crippen molar-refractivity contribution in [2.75, 3.05) is 18.8 Å². The third-order valence-electron chi connectivity index (χ3n) is 2.93. The number of pyridine rings is 1. The van der Waals surface area contributed by atoms with Crippen LogP contribution in [0.15, 0.2) is 46.2 Å². The smallest absolute Gasteiger partial charge is 0.264 e. The van der Waals surface area contributed by atoms with Crippen molar-refractivity contribution < 1.29 is 16.8 Å². The Kier molecular flexibility index (Phi) is 5.41. The highest BCUT2D eigenvalue weighted by Crippen LogP contribution is 2.25. The molecule has 0 unspecified atom stereocenters. The molecule has 2 aromatic rings. The molecule has 2 rings (SSSR count). The zero-order chi connectivity index (χ0) is 18.1. The molecule has 0 aliphatic heterocycles. The molecule has 0 aliphatic rings. The molecule has 0 fully saturated rings. The first-order chi connectivity index (χ1) is 11.0. The van der Waals surface area contributed by atoms with Gasteiger partial charge in [0.1, 0.15) is 10.0 Å². The summed E-state index contributed by atoms with van der Waals surface area (Å²) in [6, 6.07) is 7.92. The summed E-state index contributed by atoms with van der Waals surface area (Å²) in [5.41, 5.74) is 0.0731. The normalized spacial score (nSPS) is 12.4. The second kappa shape index (κ2) is 6.85. The molecular weight excluding hydrogens is 397 g/mol. The van der Waals surface area contributed by atoms with Gasteiger partial charge < -0.3 is 0 Å². The maximum Gasteiger partial charge on any atom is 0.264 e. The Morgan fingerprint density at radius 1 is 1.04 bits per heavy atom. The molecule has 1 N–H and O–H groups in total. The van der Waals surface area contributed by atoms with E-state index in [1.54, 1.807) is 0 Å². The van der Waals surface area contributed by atoms with Gasteiger partial charge in [-0.05, 0) is 30.3 Å². The van der Waals surface area contributed by atoms with Crippen LogP contribution in [0.25, 0.3) is 0 Å². The number of anilines is 1. The summed E-state index contributed by atoms with van der Waals surface area (Å²) in [5, 5.41) is -0.231. The van der Waals surface area contributed by atoms with E-state index < -0.39 is 20.0 Å². The molecule has 7 nitrogen and oxygen atoms in total. The van der Waals surface area contributed by atoms with Crippen LogP contribution in [0, 0.1) is 0 Å². The first-order valence-corrected chi connectivity index (χ1v) is 10.1. The number of nitrogens with one attached hydrogen (secondary N) is 1. The van der Waals surface area contributed by atoms with Crippen molar-refractivity contribution in [2.45, 2.75) is 9.79 Å². The van der Waals surface area contributed by atoms with Crippen LogP contribution in [0.4, 0.5) is 5.69 Å². The van der Waals surface area contributed by atoms with Crippen LogP contribution in [0.1, 0.15) is 0 Å². The summed E-state index contributed by atoms with van der Waals surface area (Å²) >= 11 is 11.5. The Labute approximate surface area is 150 Å². The number of aromatic nitrogens is 1. The number of sulfonamides is 2. The van der Waals surface area contributed by atoms with Gasteiger partial charge in [-0.3, -0.25) is 4.72 Å². The fraction of sp³-hybridized carbons (Fsp3) is 0.154. The minimum absolute atomic E-state index is 0.0481. The number of rotatable bonds is 5. The molecule has 0 atom stereocenters. The highest BCUT2D eigenvalue weighted by atomic mass is 35.5. The molecular formula is C13H13Cl2N3O4S2. The minimum Gasteiger partial charge on any atom is -0.279 e. The summed E-state index contributed by atoms with van der Waals surface area (Å²) in [6.07, 6.45) is 0. The van der Waals surface area contributed by atoms with E-state index >= 15 is 0 Å². The average Bonchev–Trinajstić information content (AvgIpc) is 2.46. The van der Waals surface area contributed by atoms with Crippen LogP contribution >= 0.6 is 23.2 Å². The molecule has 0 saturated carbocycles. The van der Waals surface area contributed by atoms with Crippen molar-refractivity contribution in [1.82, 2.24) is 9.29 Å². The predicted octanol–water partition coefficient (Wildman–Crippen LogP) is 2.44. The van der Waals surface area contributed by atoms with Crippen molar-refractivity contribution in [3.8, 4) is 0 Å². The lowest BCUT2D eigenvalue weighted by atomic mass is 10.3. The van der Waals surface area contributed by atoms with Gasteiger partial charge in [0.15, 0.2) is 5.15 Å². The van der Waals surface area contributed by atoms with E-state index in [9.17, 15) is 16.8 Å². The van der Waals surface area contributed by atoms with E-state index in [-0.39, 0.29) is 25.8 Å². The molecule has 24 heavy (non-hydrogen) atoms. The van der Waals surface area contributed by atoms with Crippen molar-refractivity contribution in [1.29, 1.82) is 0 Å². The lowest BCUT2D eigenvalue weighted by Crippen LogP contribution is -2.22. The van der Waals surface area contributed by atoms with Gasteiger partial charge in [-0.2, -0.15) is 0 Å². The van der Waals surface area contributed by atoms with Gasteiger partial charge >= 0.3 is 0 Å². The summed E-state index contributed by atoms with van der Waals surface area (Å²) < 4.78 is 52.3. The molecule has 0 spiro atoms. The van der Waals surface area contributed by atoms with Crippen molar-refractivity contribution >= 4 is 48.9 Å². The third kappa shape index (κ3) is 3.98. The fourth-order valence-corrected chi connectivity index (χ4v) is 4.40. The lowest BCUT2D eigenvalue weighted by molar-refractivity contribution is 0.521. The molecule has 0 saturated heterocycles. The minimum atomic E-state index is -4.05. The Hall–Kier alpha value is -1.39. The van der Waals surface area contributed by atoms with Crippen molar-refractivity contribution in [3.63, 3.8) is 0 Å². The Morgan fingerprint density at radius 3 is 2.29 bits per heavy atom. The van der Waals surface area contributed by atoms with Crippen LogP contribution in [-0.2, 0) is 20.0 Å². The van der Waals surface area contributed by atoms with Crippen LogP contribution in [0.2, 0.25) is 10.3 Å². The van der Waals surface area contributed by atoms with E-state index in [4.69, 9.17) is 23.2 Å². The predicted molar refractivity (Wildman–Crippen MR) is 92.4 cm³/mol. The monoisotopic (exact) mass is 409 g/mol. The van der Waals surface area contributed by atoms with Crippen LogP contribution in [-0.4, -0.2) is 40.2 Å². The van der Waals surface area contributed by atoms with Crippen molar-refractivity contribution in [3.05, 3.63) is 46.7 Å². The van der Waals surface area contributed by atoms with Gasteiger partial charge in [0, 0.05) is 14.1 Å². The van der Waals surface area contributed by atoms with Gasteiger partial charge in [-0.1, -0.05) is 29.3 Å². The zero-order valence-electron chi connectivity index (χ0n) is 12.6. The average molecular weight is 410 g/mol. The standard InChI is InChI=1S/C13H13Cl2N3O4S2/c1-18(2)24(21,22)10-5-3-4-9(8-10)17-23(19,20)11-6-7-12(14)16-13(11)15/h3-8,17H,1-2H3. The highest BCUT2D eigenvalue weighted by Gasteiger charge is 2.21. The quantitative estimate of drug-likeness (QED) is 0.764. The van der Waals surface area contributed by atoms with Crippen LogP contribution < -0.4 is 4.72 Å². The summed E-state index contributed by atoms with van der Waals surface area (Å²) in [7, 11) is -4.98. The SMILES string of the molecule is CN(C)S(=O)(=O)c1cccc(NS(=O)(=O)c2ccc(Cl)nc2Cl)c1. The third-order valence-corrected chi connectivity index (χ3v) is 6.77. The molecule has 1 aromatic carbocycles. The second-order valence-corrected chi connectivity index (χ2v) is 9.39. The molecule has 0 radical (unpaired) electrons.